The highest BCUT2D eigenvalue weighted by Gasteiger charge is 2.42. The van der Waals surface area contributed by atoms with E-state index in [9.17, 15) is 8.42 Å². The van der Waals surface area contributed by atoms with Crippen LogP contribution >= 0.6 is 0 Å². The molecule has 0 spiro atoms. The van der Waals surface area contributed by atoms with Gasteiger partial charge in [-0.05, 0) is 44.9 Å². The Bertz CT molecular complexity index is 702. The van der Waals surface area contributed by atoms with E-state index in [4.69, 9.17) is 0 Å². The highest BCUT2D eigenvalue weighted by atomic mass is 32.2. The smallest absolute Gasteiger partial charge is 0.217 e. The fourth-order valence-electron chi connectivity index (χ4n) is 3.87. The van der Waals surface area contributed by atoms with E-state index in [0.29, 0.717) is 0 Å². The Morgan fingerprint density at radius 2 is 2.00 bits per heavy atom. The largest absolute Gasteiger partial charge is 0.355 e. The summed E-state index contributed by atoms with van der Waals surface area (Å²) in [6, 6.07) is 0.0568. The molecular weight excluding hydrogens is 312 g/mol. The van der Waals surface area contributed by atoms with Gasteiger partial charge in [0, 0.05) is 37.4 Å². The molecule has 23 heavy (non-hydrogen) atoms. The van der Waals surface area contributed by atoms with Crippen LogP contribution in [-0.2, 0) is 22.9 Å². The second-order valence-electron chi connectivity index (χ2n) is 6.98. The van der Waals surface area contributed by atoms with Gasteiger partial charge in [-0.25, -0.2) is 18.4 Å². The quantitative estimate of drug-likeness (QED) is 0.830. The first-order chi connectivity index (χ1) is 11.1. The van der Waals surface area contributed by atoms with E-state index in [2.05, 4.69) is 14.9 Å². The van der Waals surface area contributed by atoms with Gasteiger partial charge in [0.2, 0.25) is 10.0 Å². The van der Waals surface area contributed by atoms with Crippen LogP contribution in [0.15, 0.2) is 6.33 Å². The molecule has 7 heteroatoms. The highest BCUT2D eigenvalue weighted by molar-refractivity contribution is 7.90. The number of hydrogen-bond donors (Lipinski definition) is 0. The van der Waals surface area contributed by atoms with Crippen LogP contribution in [0.3, 0.4) is 0 Å². The number of rotatable bonds is 4. The summed E-state index contributed by atoms with van der Waals surface area (Å²) in [4.78, 5) is 11.2. The lowest BCUT2D eigenvalue weighted by Gasteiger charge is -2.38. The first-order valence-corrected chi connectivity index (χ1v) is 10.1. The van der Waals surface area contributed by atoms with E-state index in [1.54, 1.807) is 17.7 Å². The van der Waals surface area contributed by atoms with Gasteiger partial charge in [0.05, 0.1) is 5.25 Å². The van der Waals surface area contributed by atoms with Crippen molar-refractivity contribution in [1.82, 2.24) is 14.3 Å². The zero-order valence-electron chi connectivity index (χ0n) is 13.6. The van der Waals surface area contributed by atoms with Gasteiger partial charge >= 0.3 is 0 Å². The van der Waals surface area contributed by atoms with Crippen LogP contribution in [0.1, 0.15) is 43.4 Å². The minimum Gasteiger partial charge on any atom is -0.355 e. The fourth-order valence-corrected chi connectivity index (χ4v) is 5.66. The fraction of sp³-hybridized carbons (Fsp3) is 0.750. The molecule has 126 valence electrons. The van der Waals surface area contributed by atoms with Gasteiger partial charge in [-0.3, -0.25) is 0 Å². The van der Waals surface area contributed by atoms with Gasteiger partial charge in [0.15, 0.2) is 0 Å². The number of sulfonamides is 1. The molecule has 1 aromatic heterocycles. The van der Waals surface area contributed by atoms with Crippen LogP contribution in [0.2, 0.25) is 0 Å². The van der Waals surface area contributed by atoms with Crippen molar-refractivity contribution in [3.63, 3.8) is 0 Å². The molecule has 1 atom stereocenters. The predicted octanol–water partition coefficient (Wildman–Crippen LogP) is 1.36. The maximum Gasteiger partial charge on any atom is 0.217 e. The second kappa shape index (κ2) is 5.70. The van der Waals surface area contributed by atoms with E-state index in [1.165, 1.54) is 11.3 Å². The van der Waals surface area contributed by atoms with Gasteiger partial charge in [-0.1, -0.05) is 0 Å². The Morgan fingerprint density at radius 1 is 1.17 bits per heavy atom. The number of anilines is 1. The van der Waals surface area contributed by atoms with Crippen molar-refractivity contribution in [2.45, 2.75) is 56.2 Å². The molecule has 1 saturated heterocycles. The van der Waals surface area contributed by atoms with E-state index >= 15 is 0 Å². The Hall–Kier alpha value is -1.21. The van der Waals surface area contributed by atoms with Crippen LogP contribution in [0.4, 0.5) is 5.82 Å². The van der Waals surface area contributed by atoms with E-state index in [0.717, 1.165) is 63.9 Å². The SMILES string of the molecule is CN(C1CCCN(c2ncnc3c2CCC3)C1)S(=O)(=O)C1CC1. The number of hydrogen-bond acceptors (Lipinski definition) is 5. The van der Waals surface area contributed by atoms with Crippen LogP contribution in [0.25, 0.3) is 0 Å². The Balaban J connectivity index is 1.55. The molecule has 6 nitrogen and oxygen atoms in total. The summed E-state index contributed by atoms with van der Waals surface area (Å²) in [7, 11) is -1.35. The third kappa shape index (κ3) is 2.74. The minimum absolute atomic E-state index is 0.0568. The molecule has 4 rings (SSSR count). The zero-order chi connectivity index (χ0) is 16.0. The van der Waals surface area contributed by atoms with Crippen molar-refractivity contribution < 1.29 is 8.42 Å². The van der Waals surface area contributed by atoms with Gasteiger partial charge < -0.3 is 4.90 Å². The molecule has 1 aromatic rings. The normalized spacial score (nSPS) is 25.0. The number of nitrogens with zero attached hydrogens (tertiary/aromatic N) is 4. The third-order valence-electron chi connectivity index (χ3n) is 5.41. The maximum atomic E-state index is 12.5. The van der Waals surface area contributed by atoms with Crippen LogP contribution in [0.5, 0.6) is 0 Å². The van der Waals surface area contributed by atoms with Gasteiger partial charge in [0.1, 0.15) is 12.1 Å². The first kappa shape index (κ1) is 15.3. The van der Waals surface area contributed by atoms with Crippen molar-refractivity contribution in [1.29, 1.82) is 0 Å². The van der Waals surface area contributed by atoms with Gasteiger partial charge in [-0.15, -0.1) is 0 Å². The van der Waals surface area contributed by atoms with Crippen LogP contribution in [0, 0.1) is 0 Å². The molecule has 1 unspecified atom stereocenters. The molecule has 1 saturated carbocycles. The lowest BCUT2D eigenvalue weighted by atomic mass is 10.1. The predicted molar refractivity (Wildman–Crippen MR) is 89.0 cm³/mol. The lowest BCUT2D eigenvalue weighted by Crippen LogP contribution is -2.49. The summed E-state index contributed by atoms with van der Waals surface area (Å²) in [5, 5.41) is -0.133. The summed E-state index contributed by atoms with van der Waals surface area (Å²) in [5.41, 5.74) is 2.46. The van der Waals surface area contributed by atoms with Crippen molar-refractivity contribution in [2.75, 3.05) is 25.0 Å². The molecule has 2 aliphatic carbocycles. The number of likely N-dealkylation sites (N-methyl/N-ethyl adjacent to an activating group) is 1. The number of fused-ring (bicyclic) bond motifs is 1. The molecule has 0 aromatic carbocycles. The average molecular weight is 336 g/mol. The molecule has 3 aliphatic rings. The van der Waals surface area contributed by atoms with Gasteiger partial charge in [-0.2, -0.15) is 4.31 Å². The summed E-state index contributed by atoms with van der Waals surface area (Å²) >= 11 is 0. The first-order valence-electron chi connectivity index (χ1n) is 8.62. The molecule has 0 N–H and O–H groups in total. The molecule has 0 bridgehead atoms. The zero-order valence-corrected chi connectivity index (χ0v) is 14.4. The van der Waals surface area contributed by atoms with Crippen molar-refractivity contribution in [3.05, 3.63) is 17.6 Å². The number of aryl methyl sites for hydroxylation is 1. The second-order valence-corrected chi connectivity index (χ2v) is 9.25. The van der Waals surface area contributed by atoms with Crippen LogP contribution in [-0.4, -0.2) is 54.1 Å². The monoisotopic (exact) mass is 336 g/mol. The summed E-state index contributed by atoms with van der Waals surface area (Å²) < 4.78 is 26.6. The summed E-state index contributed by atoms with van der Waals surface area (Å²) in [5.74, 6) is 1.04. The molecule has 1 aliphatic heterocycles. The van der Waals surface area contributed by atoms with E-state index in [1.807, 2.05) is 0 Å². The lowest BCUT2D eigenvalue weighted by molar-refractivity contribution is 0.319. The van der Waals surface area contributed by atoms with Crippen molar-refractivity contribution in [2.24, 2.45) is 0 Å². The summed E-state index contributed by atoms with van der Waals surface area (Å²) in [6.45, 7) is 1.70. The molecule has 2 fully saturated rings. The van der Waals surface area contributed by atoms with Crippen molar-refractivity contribution in [3.8, 4) is 0 Å². The summed E-state index contributed by atoms with van der Waals surface area (Å²) in [6.07, 6.45) is 8.48. The maximum absolute atomic E-state index is 12.5. The van der Waals surface area contributed by atoms with Crippen LogP contribution < -0.4 is 4.90 Å². The minimum atomic E-state index is -3.11. The topological polar surface area (TPSA) is 66.4 Å². The third-order valence-corrected chi connectivity index (χ3v) is 7.82. The van der Waals surface area contributed by atoms with E-state index in [-0.39, 0.29) is 11.3 Å². The Labute approximate surface area is 138 Å². The van der Waals surface area contributed by atoms with Crippen molar-refractivity contribution >= 4 is 15.8 Å². The molecule has 0 radical (unpaired) electrons. The standard InChI is InChI=1S/C16H24N4O2S/c1-19(23(21,22)13-7-8-13)12-4-3-9-20(10-12)16-14-5-2-6-15(14)17-11-18-16/h11-13H,2-10H2,1H3. The molecular formula is C16H24N4O2S. The average Bonchev–Trinajstić information content (AvgIpc) is 3.32. The Kier molecular flexibility index (Phi) is 3.80. The molecule has 2 heterocycles. The number of piperidine rings is 1. The van der Waals surface area contributed by atoms with E-state index < -0.39 is 10.0 Å². The Morgan fingerprint density at radius 3 is 2.78 bits per heavy atom. The molecule has 0 amide bonds. The number of aromatic nitrogens is 2. The van der Waals surface area contributed by atoms with Gasteiger partial charge in [0.25, 0.3) is 0 Å². The highest BCUT2D eigenvalue weighted by Crippen LogP contribution is 2.34.